The van der Waals surface area contributed by atoms with Gasteiger partial charge in [-0.15, -0.1) is 0 Å². The highest BCUT2D eigenvalue weighted by Crippen LogP contribution is 2.45. The highest BCUT2D eigenvalue weighted by atomic mass is 15.4. The Hall–Kier alpha value is -3.33. The molecule has 5 rings (SSSR count). The van der Waals surface area contributed by atoms with Crippen molar-refractivity contribution in [2.45, 2.75) is 53.8 Å². The Morgan fingerprint density at radius 2 is 1.48 bits per heavy atom. The lowest BCUT2D eigenvalue weighted by Crippen LogP contribution is -2.48. The Balaban J connectivity index is 1.80. The van der Waals surface area contributed by atoms with Crippen LogP contribution in [0.1, 0.15) is 37.5 Å². The molecule has 2 heterocycles. The van der Waals surface area contributed by atoms with Gasteiger partial charge in [-0.2, -0.15) is 0 Å². The number of pyridine rings is 1. The van der Waals surface area contributed by atoms with Gasteiger partial charge in [-0.25, -0.2) is 9.47 Å². The normalized spacial score (nSPS) is 15.6. The molecule has 3 aromatic carbocycles. The van der Waals surface area contributed by atoms with Gasteiger partial charge in [0.25, 0.3) is 5.82 Å². The van der Waals surface area contributed by atoms with E-state index in [9.17, 15) is 0 Å². The van der Waals surface area contributed by atoms with Gasteiger partial charge >= 0.3 is 0 Å². The van der Waals surface area contributed by atoms with Crippen molar-refractivity contribution < 1.29 is 4.57 Å². The summed E-state index contributed by atoms with van der Waals surface area (Å²) in [5.41, 5.74) is 9.12. The molecule has 0 N–H and O–H groups in total. The van der Waals surface area contributed by atoms with Gasteiger partial charge in [0.15, 0.2) is 11.9 Å². The summed E-state index contributed by atoms with van der Waals surface area (Å²) < 4.78 is 2.41. The number of rotatable bonds is 3. The average molecular weight is 437 g/mol. The van der Waals surface area contributed by atoms with Crippen LogP contribution in [0.5, 0.6) is 0 Å². The third-order valence-electron chi connectivity index (χ3n) is 7.33. The van der Waals surface area contributed by atoms with E-state index in [0.717, 1.165) is 0 Å². The first-order chi connectivity index (χ1) is 15.8. The second kappa shape index (κ2) is 7.91. The van der Waals surface area contributed by atoms with Crippen molar-refractivity contribution in [2.75, 3.05) is 9.80 Å². The molecule has 0 saturated heterocycles. The fourth-order valence-corrected chi connectivity index (χ4v) is 5.67. The number of hydrogen-bond acceptors (Lipinski definition) is 2. The van der Waals surface area contributed by atoms with E-state index in [-0.39, 0.29) is 6.17 Å². The lowest BCUT2D eigenvalue weighted by Gasteiger charge is -2.29. The smallest absolute Gasteiger partial charge is 0.286 e. The molecule has 3 heteroatoms. The largest absolute Gasteiger partial charge is 0.327 e. The van der Waals surface area contributed by atoms with Crippen molar-refractivity contribution in [2.24, 2.45) is 7.05 Å². The summed E-state index contributed by atoms with van der Waals surface area (Å²) in [6, 6.07) is 24.8. The maximum Gasteiger partial charge on any atom is 0.286 e. The Labute approximate surface area is 197 Å². The van der Waals surface area contributed by atoms with Crippen LogP contribution in [-0.4, -0.2) is 12.2 Å². The standard InChI is InChI=1S/C30H34N3/c1-19(2)32-23(6)33(27-15-11-10-14-26(27)32)30-22(5)21(4)18-28(31(30)7)29-20(3)16-17-24-12-8-9-13-25(24)29/h8-19,23H,1-7H3/q+1/t23-/m1/s1. The Morgan fingerprint density at radius 1 is 0.818 bits per heavy atom. The fourth-order valence-electron chi connectivity index (χ4n) is 5.67. The maximum atomic E-state index is 2.53. The molecule has 0 amide bonds. The molecule has 0 radical (unpaired) electrons. The van der Waals surface area contributed by atoms with Crippen LogP contribution in [-0.2, 0) is 7.05 Å². The van der Waals surface area contributed by atoms with Crippen LogP contribution in [0, 0.1) is 20.8 Å². The molecular formula is C30H34N3+. The summed E-state index contributed by atoms with van der Waals surface area (Å²) in [5.74, 6) is 1.26. The molecule has 1 aliphatic heterocycles. The molecule has 0 unspecified atom stereocenters. The van der Waals surface area contributed by atoms with E-state index in [4.69, 9.17) is 0 Å². The summed E-state index contributed by atoms with van der Waals surface area (Å²) in [6.07, 6.45) is 0.232. The number of hydrogen-bond donors (Lipinski definition) is 0. The molecule has 1 atom stereocenters. The summed E-state index contributed by atoms with van der Waals surface area (Å²) in [6.45, 7) is 13.6. The molecule has 33 heavy (non-hydrogen) atoms. The molecule has 168 valence electrons. The van der Waals surface area contributed by atoms with E-state index >= 15 is 0 Å². The number of aryl methyl sites for hydroxylation is 2. The SMILES string of the molecule is Cc1cc(-c2c(C)ccc3ccccc23)[n+](C)c(N2c3ccccc3N(C(C)C)[C@H]2C)c1C. The van der Waals surface area contributed by atoms with E-state index in [2.05, 4.69) is 130 Å². The van der Waals surface area contributed by atoms with Crippen molar-refractivity contribution >= 4 is 28.0 Å². The lowest BCUT2D eigenvalue weighted by molar-refractivity contribution is -0.647. The summed E-state index contributed by atoms with van der Waals surface area (Å²) in [5, 5.41) is 2.59. The van der Waals surface area contributed by atoms with Crippen LogP contribution >= 0.6 is 0 Å². The van der Waals surface area contributed by atoms with E-state index in [1.807, 2.05) is 0 Å². The van der Waals surface area contributed by atoms with Crippen LogP contribution in [0.4, 0.5) is 17.2 Å². The first-order valence-corrected chi connectivity index (χ1v) is 12.0. The second-order valence-electron chi connectivity index (χ2n) is 9.69. The topological polar surface area (TPSA) is 10.4 Å². The van der Waals surface area contributed by atoms with Crippen molar-refractivity contribution in [3.05, 3.63) is 83.4 Å². The van der Waals surface area contributed by atoms with Gasteiger partial charge in [-0.3, -0.25) is 0 Å². The van der Waals surface area contributed by atoms with E-state index in [1.54, 1.807) is 0 Å². The second-order valence-corrected chi connectivity index (χ2v) is 9.69. The maximum absolute atomic E-state index is 2.53. The van der Waals surface area contributed by atoms with Gasteiger partial charge in [-0.05, 0) is 81.6 Å². The van der Waals surface area contributed by atoms with Crippen LogP contribution in [0.2, 0.25) is 0 Å². The molecule has 0 saturated carbocycles. The van der Waals surface area contributed by atoms with E-state index in [0.29, 0.717) is 6.04 Å². The third kappa shape index (κ3) is 3.21. The Kier molecular flexibility index (Phi) is 5.16. The highest BCUT2D eigenvalue weighted by Gasteiger charge is 2.43. The Morgan fingerprint density at radius 3 is 2.21 bits per heavy atom. The fraction of sp³-hybridized carbons (Fsp3) is 0.300. The van der Waals surface area contributed by atoms with Crippen LogP contribution < -0.4 is 14.4 Å². The van der Waals surface area contributed by atoms with Gasteiger partial charge in [0.2, 0.25) is 0 Å². The monoisotopic (exact) mass is 436 g/mol. The van der Waals surface area contributed by atoms with Crippen molar-refractivity contribution in [3.63, 3.8) is 0 Å². The van der Waals surface area contributed by atoms with Crippen molar-refractivity contribution in [1.82, 2.24) is 0 Å². The minimum absolute atomic E-state index is 0.232. The van der Waals surface area contributed by atoms with Crippen molar-refractivity contribution in [1.29, 1.82) is 0 Å². The summed E-state index contributed by atoms with van der Waals surface area (Å²) in [4.78, 5) is 5.06. The van der Waals surface area contributed by atoms with Crippen LogP contribution in [0.25, 0.3) is 22.0 Å². The van der Waals surface area contributed by atoms with Gasteiger partial charge in [0, 0.05) is 17.2 Å². The molecule has 0 bridgehead atoms. The number of aromatic nitrogens is 1. The van der Waals surface area contributed by atoms with Crippen LogP contribution in [0.3, 0.4) is 0 Å². The zero-order valence-electron chi connectivity index (χ0n) is 20.8. The first-order valence-electron chi connectivity index (χ1n) is 12.0. The molecular weight excluding hydrogens is 402 g/mol. The predicted octanol–water partition coefficient (Wildman–Crippen LogP) is 6.97. The number of benzene rings is 3. The molecule has 0 aliphatic carbocycles. The number of para-hydroxylation sites is 2. The molecule has 1 aromatic heterocycles. The lowest BCUT2D eigenvalue weighted by atomic mass is 9.95. The molecule has 3 nitrogen and oxygen atoms in total. The summed E-state index contributed by atoms with van der Waals surface area (Å²) >= 11 is 0. The molecule has 1 aliphatic rings. The van der Waals surface area contributed by atoms with Gasteiger partial charge in [-0.1, -0.05) is 48.5 Å². The Bertz CT molecular complexity index is 1370. The molecule has 0 spiro atoms. The number of nitrogens with zero attached hydrogens (tertiary/aromatic N) is 3. The molecule has 4 aromatic rings. The summed E-state index contributed by atoms with van der Waals surface area (Å²) in [7, 11) is 2.23. The quantitative estimate of drug-likeness (QED) is 0.321. The number of anilines is 3. The van der Waals surface area contributed by atoms with Gasteiger partial charge in [0.1, 0.15) is 5.69 Å². The van der Waals surface area contributed by atoms with Gasteiger partial charge < -0.3 is 4.90 Å². The third-order valence-corrected chi connectivity index (χ3v) is 7.33. The van der Waals surface area contributed by atoms with Crippen molar-refractivity contribution in [3.8, 4) is 11.3 Å². The zero-order chi connectivity index (χ0) is 23.4. The number of fused-ring (bicyclic) bond motifs is 2. The minimum atomic E-state index is 0.232. The van der Waals surface area contributed by atoms with E-state index < -0.39 is 0 Å². The highest BCUT2D eigenvalue weighted by molar-refractivity contribution is 5.97. The van der Waals surface area contributed by atoms with E-state index in [1.165, 1.54) is 55.9 Å². The van der Waals surface area contributed by atoms with Gasteiger partial charge in [0.05, 0.1) is 12.7 Å². The minimum Gasteiger partial charge on any atom is -0.327 e. The zero-order valence-corrected chi connectivity index (χ0v) is 20.8. The first kappa shape index (κ1) is 21.5. The molecule has 0 fully saturated rings. The van der Waals surface area contributed by atoms with Crippen LogP contribution in [0.15, 0.2) is 66.7 Å². The average Bonchev–Trinajstić information content (AvgIpc) is 3.09. The predicted molar refractivity (Wildman–Crippen MR) is 140 cm³/mol.